The Hall–Kier alpha value is -1.61. The number of anilines is 1. The van der Waals surface area contributed by atoms with E-state index in [0.29, 0.717) is 5.71 Å². The highest BCUT2D eigenvalue weighted by atomic mass is 15.2. The lowest BCUT2D eigenvalue weighted by Crippen LogP contribution is -2.34. The van der Waals surface area contributed by atoms with Crippen molar-refractivity contribution in [3.63, 3.8) is 0 Å². The van der Waals surface area contributed by atoms with Crippen LogP contribution < -0.4 is 5.73 Å². The zero-order chi connectivity index (χ0) is 14.1. The SMILES string of the molecule is CCc1cccc(C(=N)C2=CCCN(C3CC3)C2)c1N. The van der Waals surface area contributed by atoms with Crippen LogP contribution in [0, 0.1) is 5.41 Å². The Kier molecular flexibility index (Phi) is 3.62. The van der Waals surface area contributed by atoms with Crippen LogP contribution in [-0.4, -0.2) is 29.7 Å². The van der Waals surface area contributed by atoms with Gasteiger partial charge in [0.05, 0.1) is 5.71 Å². The second-order valence-corrected chi connectivity index (χ2v) is 5.83. The number of para-hydroxylation sites is 1. The van der Waals surface area contributed by atoms with Crippen LogP contribution in [-0.2, 0) is 6.42 Å². The van der Waals surface area contributed by atoms with Crippen LogP contribution in [0.5, 0.6) is 0 Å². The van der Waals surface area contributed by atoms with Crippen LogP contribution in [0.3, 0.4) is 0 Å². The Morgan fingerprint density at radius 3 is 2.90 bits per heavy atom. The van der Waals surface area contributed by atoms with Crippen molar-refractivity contribution in [3.05, 3.63) is 41.0 Å². The lowest BCUT2D eigenvalue weighted by Gasteiger charge is -2.27. The fourth-order valence-corrected chi connectivity index (χ4v) is 3.01. The molecule has 0 aromatic heterocycles. The molecule has 1 aliphatic carbocycles. The summed E-state index contributed by atoms with van der Waals surface area (Å²) >= 11 is 0. The molecule has 0 radical (unpaired) electrons. The maximum atomic E-state index is 8.51. The van der Waals surface area contributed by atoms with E-state index in [2.05, 4.69) is 24.0 Å². The number of nitrogens with one attached hydrogen (secondary N) is 1. The summed E-state index contributed by atoms with van der Waals surface area (Å²) in [6, 6.07) is 6.82. The molecule has 3 heteroatoms. The predicted molar refractivity (Wildman–Crippen MR) is 84.4 cm³/mol. The minimum atomic E-state index is 0.614. The molecule has 0 bridgehead atoms. The third-order valence-corrected chi connectivity index (χ3v) is 4.41. The summed E-state index contributed by atoms with van der Waals surface area (Å²) in [5.41, 5.74) is 10.8. The Labute approximate surface area is 121 Å². The number of benzene rings is 1. The minimum Gasteiger partial charge on any atom is -0.398 e. The van der Waals surface area contributed by atoms with Crippen LogP contribution in [0.15, 0.2) is 29.8 Å². The minimum absolute atomic E-state index is 0.614. The van der Waals surface area contributed by atoms with Crippen LogP contribution in [0.4, 0.5) is 5.69 Å². The van der Waals surface area contributed by atoms with Gasteiger partial charge in [0.15, 0.2) is 0 Å². The number of hydrogen-bond donors (Lipinski definition) is 2. The van der Waals surface area contributed by atoms with Gasteiger partial charge in [-0.25, -0.2) is 0 Å². The molecular weight excluding hydrogens is 246 g/mol. The van der Waals surface area contributed by atoms with Crippen molar-refractivity contribution >= 4 is 11.4 Å². The maximum absolute atomic E-state index is 8.51. The van der Waals surface area contributed by atoms with Crippen molar-refractivity contribution in [1.29, 1.82) is 5.41 Å². The highest BCUT2D eigenvalue weighted by molar-refractivity contribution is 6.14. The number of rotatable bonds is 4. The zero-order valence-electron chi connectivity index (χ0n) is 12.2. The van der Waals surface area contributed by atoms with E-state index in [1.165, 1.54) is 12.8 Å². The van der Waals surface area contributed by atoms with E-state index >= 15 is 0 Å². The predicted octanol–water partition coefficient (Wildman–Crippen LogP) is 2.99. The van der Waals surface area contributed by atoms with Crippen molar-refractivity contribution in [2.75, 3.05) is 18.8 Å². The van der Waals surface area contributed by atoms with E-state index < -0.39 is 0 Å². The highest BCUT2D eigenvalue weighted by Crippen LogP contribution is 2.30. The fraction of sp³-hybridized carbons (Fsp3) is 0.471. The number of nitrogens with two attached hydrogens (primary N) is 1. The monoisotopic (exact) mass is 269 g/mol. The first-order valence-electron chi connectivity index (χ1n) is 7.60. The summed E-state index contributed by atoms with van der Waals surface area (Å²) in [5, 5.41) is 8.51. The summed E-state index contributed by atoms with van der Waals surface area (Å²) in [6.07, 6.45) is 6.85. The number of hydrogen-bond acceptors (Lipinski definition) is 3. The lowest BCUT2D eigenvalue weighted by atomic mass is 9.95. The third kappa shape index (κ3) is 2.50. The Bertz CT molecular complexity index is 555. The van der Waals surface area contributed by atoms with Gasteiger partial charge in [-0.05, 0) is 36.8 Å². The van der Waals surface area contributed by atoms with E-state index in [4.69, 9.17) is 11.1 Å². The fourth-order valence-electron chi connectivity index (χ4n) is 3.01. The van der Waals surface area contributed by atoms with Gasteiger partial charge in [-0.15, -0.1) is 0 Å². The molecule has 0 unspecified atom stereocenters. The first-order valence-corrected chi connectivity index (χ1v) is 7.60. The molecule has 1 aromatic rings. The van der Waals surface area contributed by atoms with E-state index in [1.807, 2.05) is 12.1 Å². The largest absolute Gasteiger partial charge is 0.398 e. The molecule has 106 valence electrons. The first kappa shape index (κ1) is 13.4. The van der Waals surface area contributed by atoms with Gasteiger partial charge < -0.3 is 5.73 Å². The van der Waals surface area contributed by atoms with Crippen molar-refractivity contribution in [1.82, 2.24) is 4.90 Å². The van der Waals surface area contributed by atoms with Crippen molar-refractivity contribution in [3.8, 4) is 0 Å². The van der Waals surface area contributed by atoms with Gasteiger partial charge in [-0.1, -0.05) is 31.2 Å². The van der Waals surface area contributed by atoms with Gasteiger partial charge in [0, 0.05) is 30.4 Å². The quantitative estimate of drug-likeness (QED) is 0.652. The molecule has 0 spiro atoms. The van der Waals surface area contributed by atoms with Crippen molar-refractivity contribution in [2.24, 2.45) is 0 Å². The summed E-state index contributed by atoms with van der Waals surface area (Å²) < 4.78 is 0. The lowest BCUT2D eigenvalue weighted by molar-refractivity contribution is 0.284. The molecule has 1 saturated carbocycles. The van der Waals surface area contributed by atoms with Crippen molar-refractivity contribution in [2.45, 2.75) is 38.6 Å². The highest BCUT2D eigenvalue weighted by Gasteiger charge is 2.31. The van der Waals surface area contributed by atoms with E-state index in [0.717, 1.165) is 54.4 Å². The second-order valence-electron chi connectivity index (χ2n) is 5.83. The maximum Gasteiger partial charge on any atom is 0.0674 e. The molecule has 3 N–H and O–H groups in total. The summed E-state index contributed by atoms with van der Waals surface area (Å²) in [4.78, 5) is 2.52. The van der Waals surface area contributed by atoms with Crippen LogP contribution >= 0.6 is 0 Å². The van der Waals surface area contributed by atoms with Crippen LogP contribution in [0.1, 0.15) is 37.3 Å². The van der Waals surface area contributed by atoms with Gasteiger partial charge in [-0.2, -0.15) is 0 Å². The van der Waals surface area contributed by atoms with Crippen molar-refractivity contribution < 1.29 is 0 Å². The van der Waals surface area contributed by atoms with Gasteiger partial charge >= 0.3 is 0 Å². The normalized spacial score (nSPS) is 19.8. The van der Waals surface area contributed by atoms with E-state index in [1.54, 1.807) is 0 Å². The second kappa shape index (κ2) is 5.41. The molecular formula is C17H23N3. The standard InChI is InChI=1S/C17H23N3/c1-2-12-5-3-7-15(16(12)18)17(19)13-6-4-10-20(11-13)14-8-9-14/h3,5-7,14,19H,2,4,8-11,18H2,1H3. The number of nitrogen functional groups attached to an aromatic ring is 1. The average Bonchev–Trinajstić information content (AvgIpc) is 3.32. The summed E-state index contributed by atoms with van der Waals surface area (Å²) in [7, 11) is 0. The Morgan fingerprint density at radius 2 is 2.20 bits per heavy atom. The molecule has 20 heavy (non-hydrogen) atoms. The Morgan fingerprint density at radius 1 is 1.40 bits per heavy atom. The average molecular weight is 269 g/mol. The molecule has 0 amide bonds. The third-order valence-electron chi connectivity index (χ3n) is 4.41. The smallest absolute Gasteiger partial charge is 0.0674 e. The molecule has 0 saturated heterocycles. The molecule has 0 atom stereocenters. The molecule has 2 aliphatic rings. The molecule has 1 fully saturated rings. The molecule has 3 rings (SSSR count). The van der Waals surface area contributed by atoms with Gasteiger partial charge in [0.2, 0.25) is 0 Å². The molecule has 1 aromatic carbocycles. The Balaban J connectivity index is 1.83. The van der Waals surface area contributed by atoms with Gasteiger partial charge in [-0.3, -0.25) is 10.3 Å². The van der Waals surface area contributed by atoms with Gasteiger partial charge in [0.25, 0.3) is 0 Å². The summed E-state index contributed by atoms with van der Waals surface area (Å²) in [5.74, 6) is 0. The van der Waals surface area contributed by atoms with Crippen LogP contribution in [0.25, 0.3) is 0 Å². The number of nitrogens with zero attached hydrogens (tertiary/aromatic N) is 1. The number of aryl methyl sites for hydroxylation is 1. The molecule has 1 aliphatic heterocycles. The molecule has 1 heterocycles. The van der Waals surface area contributed by atoms with E-state index in [9.17, 15) is 0 Å². The van der Waals surface area contributed by atoms with Crippen LogP contribution in [0.2, 0.25) is 0 Å². The topological polar surface area (TPSA) is 53.1 Å². The zero-order valence-corrected chi connectivity index (χ0v) is 12.2. The first-order chi connectivity index (χ1) is 9.70. The van der Waals surface area contributed by atoms with Gasteiger partial charge in [0.1, 0.15) is 0 Å². The van der Waals surface area contributed by atoms with E-state index in [-0.39, 0.29) is 0 Å². The molecule has 3 nitrogen and oxygen atoms in total. The summed E-state index contributed by atoms with van der Waals surface area (Å²) in [6.45, 7) is 4.17.